The maximum absolute atomic E-state index is 12.9. The first kappa shape index (κ1) is 17.4. The Morgan fingerprint density at radius 2 is 1.89 bits per heavy atom. The number of benzene rings is 2. The number of amides is 1. The molecular weight excluding hydrogens is 414 g/mol. The predicted molar refractivity (Wildman–Crippen MR) is 113 cm³/mol. The van der Waals surface area contributed by atoms with Crippen LogP contribution in [0.15, 0.2) is 64.2 Å². The zero-order valence-corrected chi connectivity index (χ0v) is 16.8. The van der Waals surface area contributed by atoms with Gasteiger partial charge in [-0.15, -0.1) is 22.7 Å². The monoisotopic (exact) mass is 427 g/mol. The molecule has 0 saturated heterocycles. The Labute approximate surface area is 169 Å². The minimum absolute atomic E-state index is 0.239. The molecule has 3 heterocycles. The lowest BCUT2D eigenvalue weighted by Crippen LogP contribution is -2.35. The fraction of sp³-hybridized carbons (Fsp3) is 0.0526. The van der Waals surface area contributed by atoms with Crippen molar-refractivity contribution in [2.24, 2.45) is 0 Å². The van der Waals surface area contributed by atoms with Crippen LogP contribution in [0, 0.1) is 0 Å². The zero-order valence-electron chi connectivity index (χ0n) is 14.3. The van der Waals surface area contributed by atoms with E-state index in [0.717, 1.165) is 20.3 Å². The molecule has 1 N–H and O–H groups in total. The molecule has 1 amide bonds. The average molecular weight is 428 g/mol. The third-order valence-electron chi connectivity index (χ3n) is 4.49. The van der Waals surface area contributed by atoms with Crippen LogP contribution in [0.4, 0.5) is 10.8 Å². The highest BCUT2D eigenvalue weighted by Gasteiger charge is 2.36. The van der Waals surface area contributed by atoms with Crippen molar-refractivity contribution in [3.8, 4) is 10.6 Å². The van der Waals surface area contributed by atoms with Gasteiger partial charge in [0.2, 0.25) is 5.91 Å². The van der Waals surface area contributed by atoms with Crippen molar-refractivity contribution in [3.63, 3.8) is 0 Å². The van der Waals surface area contributed by atoms with Crippen LogP contribution in [-0.2, 0) is 14.8 Å². The Morgan fingerprint density at radius 1 is 1.07 bits per heavy atom. The molecule has 4 aromatic rings. The van der Waals surface area contributed by atoms with Crippen LogP contribution < -0.4 is 9.62 Å². The number of hydrogen-bond acceptors (Lipinski definition) is 6. The molecule has 0 fully saturated rings. The van der Waals surface area contributed by atoms with Gasteiger partial charge in [-0.25, -0.2) is 13.4 Å². The molecule has 28 heavy (non-hydrogen) atoms. The van der Waals surface area contributed by atoms with E-state index in [-0.39, 0.29) is 11.4 Å². The third-order valence-corrected chi connectivity index (χ3v) is 7.94. The second-order valence-electron chi connectivity index (χ2n) is 6.21. The molecule has 0 spiro atoms. The lowest BCUT2D eigenvalue weighted by molar-refractivity contribution is -0.114. The SMILES string of the molecule is O=C(CN1c2cccc3cccc(c23)S1(=O)=O)Nc1nc(-c2cccs2)cs1. The van der Waals surface area contributed by atoms with Gasteiger partial charge < -0.3 is 5.32 Å². The van der Waals surface area contributed by atoms with Gasteiger partial charge in [0.05, 0.1) is 21.2 Å². The van der Waals surface area contributed by atoms with E-state index in [0.29, 0.717) is 16.2 Å². The summed E-state index contributed by atoms with van der Waals surface area (Å²) < 4.78 is 27.1. The Hall–Kier alpha value is -2.75. The van der Waals surface area contributed by atoms with Gasteiger partial charge in [0.15, 0.2) is 5.13 Å². The molecular formula is C19H13N3O3S3. The first-order chi connectivity index (χ1) is 13.5. The molecule has 140 valence electrons. The van der Waals surface area contributed by atoms with E-state index < -0.39 is 15.9 Å². The van der Waals surface area contributed by atoms with Gasteiger partial charge in [0.1, 0.15) is 6.54 Å². The van der Waals surface area contributed by atoms with Gasteiger partial charge >= 0.3 is 0 Å². The van der Waals surface area contributed by atoms with Crippen LogP contribution in [0.25, 0.3) is 21.3 Å². The summed E-state index contributed by atoms with van der Waals surface area (Å²) in [5, 5.41) is 8.48. The van der Waals surface area contributed by atoms with Crippen molar-refractivity contribution in [2.75, 3.05) is 16.2 Å². The molecule has 2 aromatic carbocycles. The number of thiazole rings is 1. The second-order valence-corrected chi connectivity index (χ2v) is 9.84. The summed E-state index contributed by atoms with van der Waals surface area (Å²) in [5.41, 5.74) is 1.32. The second kappa shape index (κ2) is 6.40. The number of anilines is 2. The fourth-order valence-electron chi connectivity index (χ4n) is 3.29. The van der Waals surface area contributed by atoms with E-state index in [9.17, 15) is 13.2 Å². The lowest BCUT2D eigenvalue weighted by Gasteiger charge is -2.17. The molecule has 0 bridgehead atoms. The molecule has 0 radical (unpaired) electrons. The Balaban J connectivity index is 1.41. The van der Waals surface area contributed by atoms with Crippen LogP contribution >= 0.6 is 22.7 Å². The number of thiophene rings is 1. The van der Waals surface area contributed by atoms with Crippen molar-refractivity contribution >= 4 is 60.2 Å². The highest BCUT2D eigenvalue weighted by atomic mass is 32.2. The smallest absolute Gasteiger partial charge is 0.265 e. The van der Waals surface area contributed by atoms with E-state index in [1.807, 2.05) is 35.0 Å². The minimum Gasteiger partial charge on any atom is -0.300 e. The van der Waals surface area contributed by atoms with Crippen molar-refractivity contribution in [2.45, 2.75) is 4.90 Å². The standard InChI is InChI=1S/C19H13N3O3S3/c23-17(21-19-20-13(11-27-19)15-7-3-9-26-15)10-22-14-6-1-4-12-5-2-8-16(18(12)14)28(22,24)25/h1-9,11H,10H2,(H,20,21,23). The van der Waals surface area contributed by atoms with Gasteiger partial charge in [-0.3, -0.25) is 9.10 Å². The normalized spacial score (nSPS) is 14.5. The number of carbonyl (C=O) groups is 1. The predicted octanol–water partition coefficient (Wildman–Crippen LogP) is 4.17. The Bertz CT molecular complexity index is 1310. The summed E-state index contributed by atoms with van der Waals surface area (Å²) in [6.45, 7) is -0.302. The zero-order chi connectivity index (χ0) is 19.3. The molecule has 0 atom stereocenters. The molecule has 1 aliphatic heterocycles. The van der Waals surface area contributed by atoms with Crippen LogP contribution in [0.1, 0.15) is 0 Å². The Morgan fingerprint density at radius 3 is 2.68 bits per heavy atom. The molecule has 1 aliphatic rings. The lowest BCUT2D eigenvalue weighted by atomic mass is 10.1. The first-order valence-electron chi connectivity index (χ1n) is 8.38. The average Bonchev–Trinajstić information content (AvgIpc) is 3.40. The van der Waals surface area contributed by atoms with Crippen molar-refractivity contribution in [1.82, 2.24) is 4.98 Å². The molecule has 6 nitrogen and oxygen atoms in total. The van der Waals surface area contributed by atoms with Gasteiger partial charge in [-0.05, 0) is 29.0 Å². The van der Waals surface area contributed by atoms with E-state index in [1.54, 1.807) is 35.6 Å². The maximum atomic E-state index is 12.9. The van der Waals surface area contributed by atoms with E-state index in [4.69, 9.17) is 0 Å². The van der Waals surface area contributed by atoms with Gasteiger partial charge in [0, 0.05) is 10.8 Å². The largest absolute Gasteiger partial charge is 0.300 e. The van der Waals surface area contributed by atoms with Crippen LogP contribution in [0.3, 0.4) is 0 Å². The molecule has 9 heteroatoms. The molecule has 0 saturated carbocycles. The molecule has 5 rings (SSSR count). The summed E-state index contributed by atoms with van der Waals surface area (Å²) in [7, 11) is -3.76. The Kier molecular flexibility index (Phi) is 3.97. The van der Waals surface area contributed by atoms with E-state index in [1.165, 1.54) is 11.3 Å². The van der Waals surface area contributed by atoms with Gasteiger partial charge in [0.25, 0.3) is 10.0 Å². The van der Waals surface area contributed by atoms with E-state index in [2.05, 4.69) is 10.3 Å². The summed E-state index contributed by atoms with van der Waals surface area (Å²) >= 11 is 2.88. The van der Waals surface area contributed by atoms with Crippen molar-refractivity contribution in [3.05, 3.63) is 59.3 Å². The van der Waals surface area contributed by atoms with Crippen molar-refractivity contribution < 1.29 is 13.2 Å². The number of carbonyl (C=O) groups excluding carboxylic acids is 1. The minimum atomic E-state index is -3.76. The van der Waals surface area contributed by atoms with Crippen molar-refractivity contribution in [1.29, 1.82) is 0 Å². The molecule has 0 aliphatic carbocycles. The van der Waals surface area contributed by atoms with Crippen LogP contribution in [-0.4, -0.2) is 25.9 Å². The highest BCUT2D eigenvalue weighted by Crippen LogP contribution is 2.41. The summed E-state index contributed by atoms with van der Waals surface area (Å²) in [5.74, 6) is -0.430. The van der Waals surface area contributed by atoms with Crippen LogP contribution in [0.2, 0.25) is 0 Å². The highest BCUT2D eigenvalue weighted by molar-refractivity contribution is 7.93. The van der Waals surface area contributed by atoms with Crippen LogP contribution in [0.5, 0.6) is 0 Å². The summed E-state index contributed by atoms with van der Waals surface area (Å²) in [6, 6.07) is 14.4. The summed E-state index contributed by atoms with van der Waals surface area (Å²) in [6.07, 6.45) is 0. The summed E-state index contributed by atoms with van der Waals surface area (Å²) in [4.78, 5) is 18.2. The first-order valence-corrected chi connectivity index (χ1v) is 11.6. The van der Waals surface area contributed by atoms with Gasteiger partial charge in [-0.2, -0.15) is 0 Å². The third kappa shape index (κ3) is 2.70. The van der Waals surface area contributed by atoms with Gasteiger partial charge in [-0.1, -0.05) is 30.3 Å². The molecule has 2 aromatic heterocycles. The number of nitrogens with one attached hydrogen (secondary N) is 1. The van der Waals surface area contributed by atoms with E-state index >= 15 is 0 Å². The fourth-order valence-corrected chi connectivity index (χ4v) is 6.44. The number of sulfonamides is 1. The number of aromatic nitrogens is 1. The quantitative estimate of drug-likeness (QED) is 0.530. The number of nitrogens with zero attached hydrogens (tertiary/aromatic N) is 2. The topological polar surface area (TPSA) is 79.4 Å². The number of hydrogen-bond donors (Lipinski definition) is 1. The number of rotatable bonds is 4. The molecule has 0 unspecified atom stereocenters. The maximum Gasteiger partial charge on any atom is 0.265 e.